The molecule has 0 unspecified atom stereocenters. The van der Waals surface area contributed by atoms with Gasteiger partial charge < -0.3 is 10.3 Å². The van der Waals surface area contributed by atoms with Gasteiger partial charge in [-0.2, -0.15) is 0 Å². The van der Waals surface area contributed by atoms with Gasteiger partial charge in [0.25, 0.3) is 5.91 Å². The van der Waals surface area contributed by atoms with Crippen LogP contribution < -0.4 is 10.7 Å². The fourth-order valence-corrected chi connectivity index (χ4v) is 1.05. The predicted molar refractivity (Wildman–Crippen MR) is 57.5 cm³/mol. The smallest absolute Gasteiger partial charge is 0.256 e. The van der Waals surface area contributed by atoms with Gasteiger partial charge in [-0.05, 0) is 6.92 Å². The summed E-state index contributed by atoms with van der Waals surface area (Å²) in [7, 11) is 0. The Bertz CT molecular complexity index is 451. The van der Waals surface area contributed by atoms with Crippen LogP contribution >= 0.6 is 0 Å². The molecule has 15 heavy (non-hydrogen) atoms. The molecular weight excluding hydrogens is 192 g/mol. The van der Waals surface area contributed by atoms with Crippen molar-refractivity contribution in [2.45, 2.75) is 13.3 Å². The van der Waals surface area contributed by atoms with Crippen molar-refractivity contribution < 1.29 is 4.79 Å². The van der Waals surface area contributed by atoms with Crippen LogP contribution in [0.25, 0.3) is 0 Å². The maximum absolute atomic E-state index is 11.4. The molecular formula is C11H12N2O2. The molecule has 0 fully saturated rings. The Hall–Kier alpha value is -2.02. The van der Waals surface area contributed by atoms with E-state index in [4.69, 9.17) is 0 Å². The van der Waals surface area contributed by atoms with Gasteiger partial charge in [0.1, 0.15) is 5.56 Å². The summed E-state index contributed by atoms with van der Waals surface area (Å²) in [5.41, 5.74) is -0.158. The van der Waals surface area contributed by atoms with Gasteiger partial charge in [-0.1, -0.05) is 0 Å². The van der Waals surface area contributed by atoms with Crippen molar-refractivity contribution in [2.75, 3.05) is 6.54 Å². The van der Waals surface area contributed by atoms with Crippen molar-refractivity contribution in [1.82, 2.24) is 10.3 Å². The second-order valence-corrected chi connectivity index (χ2v) is 2.85. The molecule has 0 spiro atoms. The number of pyridine rings is 1. The minimum absolute atomic E-state index is 0.127. The maximum Gasteiger partial charge on any atom is 0.256 e. The summed E-state index contributed by atoms with van der Waals surface area (Å²) in [6.45, 7) is 2.19. The van der Waals surface area contributed by atoms with Crippen LogP contribution in [0.1, 0.15) is 23.7 Å². The van der Waals surface area contributed by atoms with Crippen molar-refractivity contribution >= 4 is 5.91 Å². The van der Waals surface area contributed by atoms with Crippen LogP contribution in [0.4, 0.5) is 0 Å². The van der Waals surface area contributed by atoms with Crippen LogP contribution in [0.2, 0.25) is 0 Å². The lowest BCUT2D eigenvalue weighted by molar-refractivity contribution is 0.0953. The second kappa shape index (κ2) is 5.66. The lowest BCUT2D eigenvalue weighted by Gasteiger charge is -2.01. The Kier molecular flexibility index (Phi) is 4.17. The Morgan fingerprint density at radius 1 is 1.60 bits per heavy atom. The molecule has 0 aliphatic heterocycles. The first-order chi connectivity index (χ1) is 7.25. The normalized spacial score (nSPS) is 8.87. The number of H-pyrrole nitrogens is 1. The highest BCUT2D eigenvalue weighted by Gasteiger charge is 2.07. The van der Waals surface area contributed by atoms with Crippen LogP contribution in [0, 0.1) is 11.8 Å². The summed E-state index contributed by atoms with van der Waals surface area (Å²) in [5, 5.41) is 2.61. The second-order valence-electron chi connectivity index (χ2n) is 2.85. The van der Waals surface area contributed by atoms with E-state index < -0.39 is 0 Å². The van der Waals surface area contributed by atoms with E-state index in [1.54, 1.807) is 6.92 Å². The standard InChI is InChI=1S/C11H12N2O2/c1-2-3-4-6-13-11(15)9-8-12-7-5-10(9)14/h5,7-8H,4,6H2,1H3,(H,12,14)(H,13,15). The molecule has 4 heteroatoms. The summed E-state index contributed by atoms with van der Waals surface area (Å²) in [4.78, 5) is 25.4. The zero-order valence-electron chi connectivity index (χ0n) is 8.46. The predicted octanol–water partition coefficient (Wildman–Crippen LogP) is 0.518. The molecule has 78 valence electrons. The molecule has 1 aromatic rings. The Morgan fingerprint density at radius 2 is 2.40 bits per heavy atom. The van der Waals surface area contributed by atoms with Gasteiger partial charge in [-0.15, -0.1) is 11.8 Å². The fourth-order valence-electron chi connectivity index (χ4n) is 1.05. The first-order valence-electron chi connectivity index (χ1n) is 4.60. The number of carbonyl (C=O) groups excluding carboxylic acids is 1. The van der Waals surface area contributed by atoms with Crippen molar-refractivity contribution in [3.8, 4) is 11.8 Å². The number of hydrogen-bond acceptors (Lipinski definition) is 2. The number of aromatic nitrogens is 1. The van der Waals surface area contributed by atoms with Gasteiger partial charge >= 0.3 is 0 Å². The van der Waals surface area contributed by atoms with Crippen LogP contribution in [0.3, 0.4) is 0 Å². The summed E-state index contributed by atoms with van der Waals surface area (Å²) in [6.07, 6.45) is 3.47. The van der Waals surface area contributed by atoms with Crippen molar-refractivity contribution in [3.63, 3.8) is 0 Å². The fraction of sp³-hybridized carbons (Fsp3) is 0.273. The molecule has 0 radical (unpaired) electrons. The number of carbonyl (C=O) groups is 1. The van der Waals surface area contributed by atoms with E-state index in [9.17, 15) is 9.59 Å². The molecule has 0 bridgehead atoms. The molecule has 0 aliphatic rings. The topological polar surface area (TPSA) is 62.0 Å². The number of aromatic amines is 1. The minimum atomic E-state index is -0.366. The summed E-state index contributed by atoms with van der Waals surface area (Å²) in [5.74, 6) is 5.18. The largest absolute Gasteiger partial charge is 0.367 e. The van der Waals surface area contributed by atoms with E-state index >= 15 is 0 Å². The number of nitrogens with one attached hydrogen (secondary N) is 2. The van der Waals surface area contributed by atoms with E-state index in [1.807, 2.05) is 0 Å². The third-order valence-electron chi connectivity index (χ3n) is 1.78. The van der Waals surface area contributed by atoms with Crippen LogP contribution in [0.15, 0.2) is 23.3 Å². The number of hydrogen-bond donors (Lipinski definition) is 2. The third-order valence-corrected chi connectivity index (χ3v) is 1.78. The first kappa shape index (κ1) is 11.1. The molecule has 1 heterocycles. The van der Waals surface area contributed by atoms with Gasteiger partial charge in [0.2, 0.25) is 0 Å². The SMILES string of the molecule is CC#CCCNC(=O)c1c[nH]ccc1=O. The van der Waals surface area contributed by atoms with Crippen LogP contribution in [0.5, 0.6) is 0 Å². The molecule has 0 atom stereocenters. The highest BCUT2D eigenvalue weighted by molar-refractivity contribution is 5.93. The lowest BCUT2D eigenvalue weighted by atomic mass is 10.2. The quantitative estimate of drug-likeness (QED) is 0.557. The number of rotatable bonds is 3. The van der Waals surface area contributed by atoms with Gasteiger partial charge in [-0.25, -0.2) is 0 Å². The zero-order chi connectivity index (χ0) is 11.1. The summed E-state index contributed by atoms with van der Waals surface area (Å²) >= 11 is 0. The van der Waals surface area contributed by atoms with Gasteiger partial charge in [-0.3, -0.25) is 9.59 Å². The van der Waals surface area contributed by atoms with Crippen molar-refractivity contribution in [2.24, 2.45) is 0 Å². The Balaban J connectivity index is 2.57. The first-order valence-corrected chi connectivity index (χ1v) is 4.60. The molecule has 2 N–H and O–H groups in total. The Labute approximate surface area is 87.7 Å². The maximum atomic E-state index is 11.4. The summed E-state index contributed by atoms with van der Waals surface area (Å²) < 4.78 is 0. The molecule has 1 amide bonds. The highest BCUT2D eigenvalue weighted by Crippen LogP contribution is 1.87. The minimum Gasteiger partial charge on any atom is -0.367 e. The molecule has 0 aliphatic carbocycles. The zero-order valence-corrected chi connectivity index (χ0v) is 8.46. The Morgan fingerprint density at radius 3 is 3.07 bits per heavy atom. The van der Waals surface area contributed by atoms with E-state index in [2.05, 4.69) is 22.1 Å². The monoisotopic (exact) mass is 204 g/mol. The van der Waals surface area contributed by atoms with E-state index in [0.717, 1.165) is 0 Å². The molecule has 0 saturated carbocycles. The number of amides is 1. The molecule has 4 nitrogen and oxygen atoms in total. The molecule has 0 saturated heterocycles. The van der Waals surface area contributed by atoms with E-state index in [0.29, 0.717) is 13.0 Å². The van der Waals surface area contributed by atoms with Crippen LogP contribution in [-0.2, 0) is 0 Å². The van der Waals surface area contributed by atoms with Gasteiger partial charge in [0.15, 0.2) is 5.43 Å². The molecule has 1 rings (SSSR count). The van der Waals surface area contributed by atoms with Gasteiger partial charge in [0, 0.05) is 31.4 Å². The lowest BCUT2D eigenvalue weighted by Crippen LogP contribution is -2.29. The van der Waals surface area contributed by atoms with Gasteiger partial charge in [0.05, 0.1) is 0 Å². The van der Waals surface area contributed by atoms with Crippen molar-refractivity contribution in [1.29, 1.82) is 0 Å². The average molecular weight is 204 g/mol. The highest BCUT2D eigenvalue weighted by atomic mass is 16.2. The van der Waals surface area contributed by atoms with Crippen LogP contribution in [-0.4, -0.2) is 17.4 Å². The summed E-state index contributed by atoms with van der Waals surface area (Å²) in [6, 6.07) is 1.32. The average Bonchev–Trinajstić information content (AvgIpc) is 2.25. The van der Waals surface area contributed by atoms with E-state index in [-0.39, 0.29) is 16.9 Å². The van der Waals surface area contributed by atoms with E-state index in [1.165, 1.54) is 18.5 Å². The van der Waals surface area contributed by atoms with Crippen molar-refractivity contribution in [3.05, 3.63) is 34.2 Å². The third kappa shape index (κ3) is 3.31. The molecule has 1 aromatic heterocycles. The molecule has 0 aromatic carbocycles.